The van der Waals surface area contributed by atoms with Crippen LogP contribution in [-0.4, -0.2) is 35.8 Å². The number of amides is 2. The van der Waals surface area contributed by atoms with Crippen molar-refractivity contribution < 1.29 is 18.4 Å². The predicted molar refractivity (Wildman–Crippen MR) is 147 cm³/mol. The van der Waals surface area contributed by atoms with Gasteiger partial charge in [-0.1, -0.05) is 27.7 Å². The van der Waals surface area contributed by atoms with Crippen molar-refractivity contribution in [3.05, 3.63) is 82.6 Å². The summed E-state index contributed by atoms with van der Waals surface area (Å²) in [5.74, 6) is -1.47. The van der Waals surface area contributed by atoms with Gasteiger partial charge < -0.3 is 20.8 Å². The number of nitrogens with two attached hydrogens (primary N) is 2. The van der Waals surface area contributed by atoms with Gasteiger partial charge in [-0.15, -0.1) is 0 Å². The van der Waals surface area contributed by atoms with Crippen molar-refractivity contribution in [3.8, 4) is 0 Å². The van der Waals surface area contributed by atoms with Crippen LogP contribution in [0, 0.1) is 5.82 Å². The smallest absolute Gasteiger partial charge is 0.248 e. The van der Waals surface area contributed by atoms with Crippen molar-refractivity contribution in [3.63, 3.8) is 0 Å². The van der Waals surface area contributed by atoms with E-state index in [1.54, 1.807) is 18.6 Å². The molecule has 1 aromatic heterocycles. The quantitative estimate of drug-likeness (QED) is 0.378. The van der Waals surface area contributed by atoms with Gasteiger partial charge >= 0.3 is 0 Å². The number of benzene rings is 2. The lowest BCUT2D eigenvalue weighted by molar-refractivity contribution is 0.0991. The molecule has 0 aliphatic carbocycles. The summed E-state index contributed by atoms with van der Waals surface area (Å²) in [5, 5.41) is 0. The molecule has 0 unspecified atom stereocenters. The Kier molecular flexibility index (Phi) is 8.21. The maximum atomic E-state index is 15.6. The van der Waals surface area contributed by atoms with E-state index in [2.05, 4.69) is 18.7 Å². The van der Waals surface area contributed by atoms with Crippen LogP contribution < -0.4 is 16.4 Å². The highest BCUT2D eigenvalue weighted by Gasteiger charge is 2.32. The average Bonchev–Trinajstić information content (AvgIpc) is 3.38. The van der Waals surface area contributed by atoms with Gasteiger partial charge in [0.15, 0.2) is 0 Å². The molecule has 0 atom stereocenters. The number of carbonyl (C=O) groups is 2. The Bertz CT molecular complexity index is 1300. The molecule has 1 saturated heterocycles. The fourth-order valence-electron chi connectivity index (χ4n) is 5.63. The summed E-state index contributed by atoms with van der Waals surface area (Å²) in [7, 11) is 0. The Balaban J connectivity index is 1.83. The molecule has 2 amide bonds. The van der Waals surface area contributed by atoms with E-state index < -0.39 is 17.6 Å². The minimum atomic E-state index is -0.614. The number of furan rings is 1. The number of hydrogen-bond donors (Lipinski definition) is 2. The Hall–Kier alpha value is -3.65. The largest absolute Gasteiger partial charge is 0.472 e. The Labute approximate surface area is 223 Å². The topological polar surface area (TPSA) is 106 Å². The zero-order valence-corrected chi connectivity index (χ0v) is 22.5. The van der Waals surface area contributed by atoms with E-state index >= 15 is 4.39 Å². The van der Waals surface area contributed by atoms with Gasteiger partial charge in [-0.25, -0.2) is 4.39 Å². The number of rotatable bonds is 9. The van der Waals surface area contributed by atoms with Gasteiger partial charge in [0, 0.05) is 48.1 Å². The average molecular weight is 521 g/mol. The zero-order chi connectivity index (χ0) is 27.6. The standard InChI is InChI=1S/C30H37FN4O3/c1-18(2)27-23(30(33)37)6-8-25(28(27)19(3)4)35(26-15-21(29(32)36)5-7-24(26)31)22-9-12-34(13-10-22)16-20-11-14-38-17-20/h5-8,11,14-15,17-19,22H,9-10,12-13,16H2,1-4H3,(H2,32,36)(H2,33,37). The van der Waals surface area contributed by atoms with Gasteiger partial charge in [0.2, 0.25) is 11.8 Å². The first-order valence-corrected chi connectivity index (χ1v) is 13.2. The van der Waals surface area contributed by atoms with Gasteiger partial charge in [0.25, 0.3) is 0 Å². The van der Waals surface area contributed by atoms with Gasteiger partial charge in [-0.05, 0) is 72.2 Å². The molecule has 4 N–H and O–H groups in total. The van der Waals surface area contributed by atoms with Crippen LogP contribution in [0.5, 0.6) is 0 Å². The number of halogens is 1. The van der Waals surface area contributed by atoms with Crippen molar-refractivity contribution in [2.24, 2.45) is 11.5 Å². The minimum Gasteiger partial charge on any atom is -0.472 e. The Morgan fingerprint density at radius 3 is 2.21 bits per heavy atom. The van der Waals surface area contributed by atoms with Crippen LogP contribution >= 0.6 is 0 Å². The summed E-state index contributed by atoms with van der Waals surface area (Å²) >= 11 is 0. The molecule has 202 valence electrons. The molecule has 2 aromatic carbocycles. The van der Waals surface area contributed by atoms with Crippen molar-refractivity contribution in [2.75, 3.05) is 18.0 Å². The van der Waals surface area contributed by atoms with E-state index in [1.807, 2.05) is 30.9 Å². The van der Waals surface area contributed by atoms with Gasteiger partial charge in [-0.2, -0.15) is 0 Å². The normalized spacial score (nSPS) is 14.8. The Morgan fingerprint density at radius 1 is 0.974 bits per heavy atom. The zero-order valence-electron chi connectivity index (χ0n) is 22.5. The molecule has 4 rings (SSSR count). The van der Waals surface area contributed by atoms with Gasteiger partial charge in [0.1, 0.15) is 5.82 Å². The summed E-state index contributed by atoms with van der Waals surface area (Å²) in [6, 6.07) is 9.79. The fraction of sp³-hybridized carbons (Fsp3) is 0.400. The second-order valence-corrected chi connectivity index (χ2v) is 10.7. The first-order chi connectivity index (χ1) is 18.1. The van der Waals surface area contributed by atoms with Crippen LogP contribution in [0.25, 0.3) is 0 Å². The predicted octanol–water partition coefficient (Wildman–Crippen LogP) is 5.67. The molecule has 2 heterocycles. The molecule has 7 nitrogen and oxygen atoms in total. The number of piperidine rings is 1. The highest BCUT2D eigenvalue weighted by atomic mass is 19.1. The third kappa shape index (κ3) is 5.60. The molecule has 1 aliphatic heterocycles. The molecule has 8 heteroatoms. The van der Waals surface area contributed by atoms with E-state index in [4.69, 9.17) is 15.9 Å². The lowest BCUT2D eigenvalue weighted by Crippen LogP contribution is -2.43. The molecular formula is C30H37FN4O3. The molecular weight excluding hydrogens is 483 g/mol. The monoisotopic (exact) mass is 520 g/mol. The van der Waals surface area contributed by atoms with Crippen molar-refractivity contribution in [1.82, 2.24) is 4.90 Å². The highest BCUT2D eigenvalue weighted by molar-refractivity contribution is 5.96. The third-order valence-electron chi connectivity index (χ3n) is 7.34. The lowest BCUT2D eigenvalue weighted by atomic mass is 9.84. The van der Waals surface area contributed by atoms with Crippen LogP contribution in [-0.2, 0) is 6.54 Å². The molecule has 0 saturated carbocycles. The summed E-state index contributed by atoms with van der Waals surface area (Å²) in [4.78, 5) is 28.8. The van der Waals surface area contributed by atoms with Crippen LogP contribution in [0.15, 0.2) is 53.3 Å². The molecule has 1 fully saturated rings. The van der Waals surface area contributed by atoms with Crippen LogP contribution in [0.2, 0.25) is 0 Å². The van der Waals surface area contributed by atoms with Crippen LogP contribution in [0.3, 0.4) is 0 Å². The molecule has 0 spiro atoms. The van der Waals surface area contributed by atoms with Gasteiger partial charge in [0.05, 0.1) is 18.2 Å². The molecule has 3 aromatic rings. The number of likely N-dealkylation sites (tertiary alicyclic amines) is 1. The maximum Gasteiger partial charge on any atom is 0.248 e. The fourth-order valence-corrected chi connectivity index (χ4v) is 5.63. The van der Waals surface area contributed by atoms with Crippen LogP contribution in [0.4, 0.5) is 15.8 Å². The number of nitrogens with zero attached hydrogens (tertiary/aromatic N) is 2. The van der Waals surface area contributed by atoms with Crippen molar-refractivity contribution in [2.45, 2.75) is 65.0 Å². The third-order valence-corrected chi connectivity index (χ3v) is 7.34. The number of anilines is 2. The molecule has 0 radical (unpaired) electrons. The van der Waals surface area contributed by atoms with Crippen molar-refractivity contribution >= 4 is 23.2 Å². The molecule has 0 bridgehead atoms. The maximum absolute atomic E-state index is 15.6. The second-order valence-electron chi connectivity index (χ2n) is 10.7. The molecule has 1 aliphatic rings. The van der Waals surface area contributed by atoms with E-state index in [0.29, 0.717) is 11.3 Å². The summed E-state index contributed by atoms with van der Waals surface area (Å²) in [6.07, 6.45) is 4.99. The van der Waals surface area contributed by atoms with E-state index in [-0.39, 0.29) is 23.4 Å². The highest BCUT2D eigenvalue weighted by Crippen LogP contribution is 2.43. The van der Waals surface area contributed by atoms with E-state index in [0.717, 1.165) is 54.9 Å². The second kappa shape index (κ2) is 11.4. The Morgan fingerprint density at radius 2 is 1.66 bits per heavy atom. The molecule has 38 heavy (non-hydrogen) atoms. The summed E-state index contributed by atoms with van der Waals surface area (Å²) in [6.45, 7) is 10.6. The SMILES string of the molecule is CC(C)c1c(C(N)=O)ccc(N(c2cc(C(N)=O)ccc2F)C2CCN(Cc3ccoc3)CC2)c1C(C)C. The first kappa shape index (κ1) is 27.4. The minimum absolute atomic E-state index is 0.0234. The van der Waals surface area contributed by atoms with E-state index in [1.165, 1.54) is 18.2 Å². The number of hydrogen-bond acceptors (Lipinski definition) is 5. The summed E-state index contributed by atoms with van der Waals surface area (Å²) < 4.78 is 20.8. The van der Waals surface area contributed by atoms with E-state index in [9.17, 15) is 9.59 Å². The first-order valence-electron chi connectivity index (χ1n) is 13.2. The van der Waals surface area contributed by atoms with Crippen molar-refractivity contribution in [1.29, 1.82) is 0 Å². The summed E-state index contributed by atoms with van der Waals surface area (Å²) in [5.41, 5.74) is 16.2. The lowest BCUT2D eigenvalue weighted by Gasteiger charge is -2.41. The number of primary amides is 2. The van der Waals surface area contributed by atoms with Gasteiger partial charge in [-0.3, -0.25) is 14.5 Å². The van der Waals surface area contributed by atoms with Crippen LogP contribution in [0.1, 0.15) is 89.8 Å². The number of carbonyl (C=O) groups excluding carboxylic acids is 2.